The van der Waals surface area contributed by atoms with Crippen LogP contribution in [-0.4, -0.2) is 29.1 Å². The van der Waals surface area contributed by atoms with E-state index in [1.165, 1.54) is 0 Å². The molecule has 0 radical (unpaired) electrons. The Hall–Kier alpha value is -2.92. The van der Waals surface area contributed by atoms with Gasteiger partial charge in [-0.15, -0.1) is 0 Å². The molecule has 24 heavy (non-hydrogen) atoms. The van der Waals surface area contributed by atoms with E-state index in [1.807, 2.05) is 42.5 Å². The van der Waals surface area contributed by atoms with Crippen molar-refractivity contribution in [3.8, 4) is 22.8 Å². The molecule has 2 N–H and O–H groups in total. The van der Waals surface area contributed by atoms with Gasteiger partial charge in [0.1, 0.15) is 0 Å². The monoisotopic (exact) mass is 322 g/mol. The van der Waals surface area contributed by atoms with Crippen LogP contribution in [0.15, 0.2) is 65.2 Å². The number of oxazole rings is 1. The first-order chi connectivity index (χ1) is 11.8. The van der Waals surface area contributed by atoms with E-state index in [1.54, 1.807) is 18.3 Å². The second-order valence-corrected chi connectivity index (χ2v) is 5.27. The quantitative estimate of drug-likeness (QED) is 0.684. The van der Waals surface area contributed by atoms with Gasteiger partial charge in [0.05, 0.1) is 11.8 Å². The van der Waals surface area contributed by atoms with Crippen molar-refractivity contribution < 1.29 is 14.3 Å². The third kappa shape index (κ3) is 3.52. The van der Waals surface area contributed by atoms with Crippen LogP contribution in [0.1, 0.15) is 16.8 Å². The summed E-state index contributed by atoms with van der Waals surface area (Å²) in [6, 6.07) is 16.9. The molecule has 0 saturated heterocycles. The number of nitrogens with zero attached hydrogens (tertiary/aromatic N) is 1. The molecular formula is C19H18N2O3. The Balaban J connectivity index is 1.88. The predicted molar refractivity (Wildman–Crippen MR) is 91.4 cm³/mol. The molecule has 2 aromatic carbocycles. The Bertz CT molecular complexity index is 812. The zero-order valence-electron chi connectivity index (χ0n) is 13.1. The third-order valence-corrected chi connectivity index (χ3v) is 3.59. The maximum atomic E-state index is 12.3. The number of aliphatic hydroxyl groups is 1. The van der Waals surface area contributed by atoms with Gasteiger partial charge >= 0.3 is 0 Å². The molecule has 5 heteroatoms. The molecule has 0 unspecified atom stereocenters. The SMILES string of the molecule is O=C(NCCCO)c1ccccc1-c1ncc(-c2ccccc2)o1. The van der Waals surface area contributed by atoms with E-state index < -0.39 is 0 Å². The topological polar surface area (TPSA) is 75.4 Å². The lowest BCUT2D eigenvalue weighted by atomic mass is 10.1. The molecular weight excluding hydrogens is 304 g/mol. The van der Waals surface area contributed by atoms with E-state index in [0.717, 1.165) is 5.56 Å². The summed E-state index contributed by atoms with van der Waals surface area (Å²) in [5.74, 6) is 0.848. The fourth-order valence-electron chi connectivity index (χ4n) is 2.38. The Morgan fingerprint density at radius 3 is 2.62 bits per heavy atom. The van der Waals surface area contributed by atoms with Crippen molar-refractivity contribution in [1.82, 2.24) is 10.3 Å². The first kappa shape index (κ1) is 16.0. The Morgan fingerprint density at radius 2 is 1.83 bits per heavy atom. The maximum Gasteiger partial charge on any atom is 0.252 e. The smallest absolute Gasteiger partial charge is 0.252 e. The number of carbonyl (C=O) groups is 1. The van der Waals surface area contributed by atoms with E-state index in [9.17, 15) is 4.79 Å². The van der Waals surface area contributed by atoms with Crippen LogP contribution in [0.3, 0.4) is 0 Å². The second kappa shape index (κ2) is 7.57. The summed E-state index contributed by atoms with van der Waals surface area (Å²) in [5.41, 5.74) is 2.07. The first-order valence-electron chi connectivity index (χ1n) is 7.79. The third-order valence-electron chi connectivity index (χ3n) is 3.59. The maximum absolute atomic E-state index is 12.3. The van der Waals surface area contributed by atoms with Gasteiger partial charge in [0.2, 0.25) is 5.89 Å². The van der Waals surface area contributed by atoms with Gasteiger partial charge in [-0.25, -0.2) is 4.98 Å². The van der Waals surface area contributed by atoms with E-state index in [4.69, 9.17) is 9.52 Å². The average molecular weight is 322 g/mol. The highest BCUT2D eigenvalue weighted by Crippen LogP contribution is 2.28. The lowest BCUT2D eigenvalue weighted by Gasteiger charge is -2.07. The van der Waals surface area contributed by atoms with Crippen molar-refractivity contribution in [2.75, 3.05) is 13.2 Å². The van der Waals surface area contributed by atoms with Crippen LogP contribution in [0.2, 0.25) is 0 Å². The van der Waals surface area contributed by atoms with E-state index >= 15 is 0 Å². The summed E-state index contributed by atoms with van der Waals surface area (Å²) in [4.78, 5) is 16.6. The summed E-state index contributed by atoms with van der Waals surface area (Å²) >= 11 is 0. The molecule has 0 atom stereocenters. The fourth-order valence-corrected chi connectivity index (χ4v) is 2.38. The van der Waals surface area contributed by atoms with Crippen molar-refractivity contribution in [3.63, 3.8) is 0 Å². The summed E-state index contributed by atoms with van der Waals surface area (Å²) in [6.07, 6.45) is 2.18. The minimum absolute atomic E-state index is 0.0438. The molecule has 0 saturated carbocycles. The molecule has 0 spiro atoms. The van der Waals surface area contributed by atoms with Gasteiger partial charge in [0.25, 0.3) is 5.91 Å². The molecule has 122 valence electrons. The van der Waals surface area contributed by atoms with Crippen molar-refractivity contribution in [2.45, 2.75) is 6.42 Å². The highest BCUT2D eigenvalue weighted by atomic mass is 16.4. The normalized spacial score (nSPS) is 10.5. The predicted octanol–water partition coefficient (Wildman–Crippen LogP) is 3.12. The fraction of sp³-hybridized carbons (Fsp3) is 0.158. The van der Waals surface area contributed by atoms with Crippen molar-refractivity contribution >= 4 is 5.91 Å². The Labute approximate surface area is 140 Å². The number of hydrogen-bond acceptors (Lipinski definition) is 4. The number of aliphatic hydroxyl groups excluding tert-OH is 1. The van der Waals surface area contributed by atoms with Gasteiger partial charge in [-0.05, 0) is 18.6 Å². The Kier molecular flexibility index (Phi) is 5.03. The summed E-state index contributed by atoms with van der Waals surface area (Å²) in [6.45, 7) is 0.465. The van der Waals surface area contributed by atoms with Gasteiger partial charge in [0, 0.05) is 24.3 Å². The molecule has 5 nitrogen and oxygen atoms in total. The largest absolute Gasteiger partial charge is 0.436 e. The highest BCUT2D eigenvalue weighted by Gasteiger charge is 2.16. The number of carbonyl (C=O) groups excluding carboxylic acids is 1. The first-order valence-corrected chi connectivity index (χ1v) is 7.79. The van der Waals surface area contributed by atoms with Crippen molar-refractivity contribution in [1.29, 1.82) is 0 Å². The average Bonchev–Trinajstić information content (AvgIpc) is 3.12. The second-order valence-electron chi connectivity index (χ2n) is 5.27. The number of nitrogens with one attached hydrogen (secondary N) is 1. The lowest BCUT2D eigenvalue weighted by molar-refractivity contribution is 0.0951. The number of benzene rings is 2. The molecule has 3 aromatic rings. The van der Waals surface area contributed by atoms with E-state index in [2.05, 4.69) is 10.3 Å². The molecule has 1 heterocycles. The number of hydrogen-bond donors (Lipinski definition) is 2. The minimum Gasteiger partial charge on any atom is -0.436 e. The van der Waals surface area contributed by atoms with Crippen LogP contribution in [-0.2, 0) is 0 Å². The van der Waals surface area contributed by atoms with E-state index in [0.29, 0.717) is 35.7 Å². The van der Waals surface area contributed by atoms with Crippen LogP contribution in [0.5, 0.6) is 0 Å². The van der Waals surface area contributed by atoms with Gasteiger partial charge in [-0.1, -0.05) is 42.5 Å². The van der Waals surface area contributed by atoms with Crippen LogP contribution in [0.4, 0.5) is 0 Å². The molecule has 3 rings (SSSR count). The summed E-state index contributed by atoms with van der Waals surface area (Å²) in [7, 11) is 0. The van der Waals surface area contributed by atoms with Crippen molar-refractivity contribution in [2.24, 2.45) is 0 Å². The Morgan fingerprint density at radius 1 is 1.08 bits per heavy atom. The number of rotatable bonds is 6. The van der Waals surface area contributed by atoms with Crippen molar-refractivity contribution in [3.05, 3.63) is 66.4 Å². The van der Waals surface area contributed by atoms with Crippen LogP contribution in [0.25, 0.3) is 22.8 Å². The van der Waals surface area contributed by atoms with Gasteiger partial charge in [-0.3, -0.25) is 4.79 Å². The molecule has 0 fully saturated rings. The molecule has 1 aromatic heterocycles. The lowest BCUT2D eigenvalue weighted by Crippen LogP contribution is -2.25. The number of amides is 1. The van der Waals surface area contributed by atoms with Gasteiger partial charge in [-0.2, -0.15) is 0 Å². The van der Waals surface area contributed by atoms with Gasteiger partial charge in [0.15, 0.2) is 5.76 Å². The van der Waals surface area contributed by atoms with Crippen LogP contribution < -0.4 is 5.32 Å². The molecule has 1 amide bonds. The standard InChI is InChI=1S/C19H18N2O3/c22-12-6-11-20-18(23)15-9-4-5-10-16(15)19-21-13-17(24-19)14-7-2-1-3-8-14/h1-5,7-10,13,22H,6,11-12H2,(H,20,23). The minimum atomic E-state index is -0.210. The summed E-state index contributed by atoms with van der Waals surface area (Å²) < 4.78 is 5.84. The number of aromatic nitrogens is 1. The molecule has 0 aliphatic heterocycles. The van der Waals surface area contributed by atoms with Crippen LogP contribution >= 0.6 is 0 Å². The van der Waals surface area contributed by atoms with Gasteiger partial charge < -0.3 is 14.8 Å². The summed E-state index contributed by atoms with van der Waals surface area (Å²) in [5, 5.41) is 11.6. The zero-order chi connectivity index (χ0) is 16.8. The molecule has 0 aliphatic carbocycles. The highest BCUT2D eigenvalue weighted by molar-refractivity contribution is 6.00. The molecule has 0 aliphatic rings. The molecule has 0 bridgehead atoms. The van der Waals surface area contributed by atoms with Crippen LogP contribution in [0, 0.1) is 0 Å². The zero-order valence-corrected chi connectivity index (χ0v) is 13.1. The van der Waals surface area contributed by atoms with E-state index in [-0.39, 0.29) is 12.5 Å².